The van der Waals surface area contributed by atoms with Gasteiger partial charge in [0.05, 0.1) is 37.7 Å². The predicted octanol–water partition coefficient (Wildman–Crippen LogP) is 2.34. The molecule has 2 N–H and O–H groups in total. The Morgan fingerprint density at radius 3 is 3.24 bits per heavy atom. The van der Waals surface area contributed by atoms with Gasteiger partial charge in [0.2, 0.25) is 0 Å². The SMILES string of the molecule is OCCn1cc(NC2CCCOc3ccc(F)cc32)cn1. The molecule has 0 aliphatic carbocycles. The number of hydrogen-bond acceptors (Lipinski definition) is 4. The first-order valence-electron chi connectivity index (χ1n) is 7.08. The number of rotatable bonds is 4. The van der Waals surface area contributed by atoms with Crippen molar-refractivity contribution in [3.05, 3.63) is 42.0 Å². The first kappa shape index (κ1) is 13.9. The Kier molecular flexibility index (Phi) is 4.06. The molecule has 1 aliphatic heterocycles. The summed E-state index contributed by atoms with van der Waals surface area (Å²) in [6.07, 6.45) is 5.31. The Morgan fingerprint density at radius 1 is 1.48 bits per heavy atom. The van der Waals surface area contributed by atoms with E-state index in [9.17, 15) is 4.39 Å². The lowest BCUT2D eigenvalue weighted by molar-refractivity contribution is 0.269. The fourth-order valence-electron chi connectivity index (χ4n) is 2.56. The molecule has 0 bridgehead atoms. The summed E-state index contributed by atoms with van der Waals surface area (Å²) in [5.41, 5.74) is 1.69. The second kappa shape index (κ2) is 6.13. The number of nitrogens with one attached hydrogen (secondary N) is 1. The van der Waals surface area contributed by atoms with Crippen LogP contribution in [0.1, 0.15) is 24.4 Å². The average molecular weight is 291 g/mol. The molecule has 0 radical (unpaired) electrons. The van der Waals surface area contributed by atoms with Gasteiger partial charge in [0.1, 0.15) is 11.6 Å². The third-order valence-electron chi connectivity index (χ3n) is 3.55. The number of ether oxygens (including phenoxy) is 1. The fourth-order valence-corrected chi connectivity index (χ4v) is 2.56. The summed E-state index contributed by atoms with van der Waals surface area (Å²) in [6, 6.07) is 4.61. The fraction of sp³-hybridized carbons (Fsp3) is 0.400. The molecule has 6 heteroatoms. The molecule has 1 unspecified atom stereocenters. The maximum absolute atomic E-state index is 13.5. The van der Waals surface area contributed by atoms with Gasteiger partial charge in [-0.25, -0.2) is 4.39 Å². The van der Waals surface area contributed by atoms with E-state index in [1.54, 1.807) is 16.9 Å². The molecule has 1 atom stereocenters. The zero-order chi connectivity index (χ0) is 14.7. The number of anilines is 1. The van der Waals surface area contributed by atoms with Crippen LogP contribution in [0, 0.1) is 5.82 Å². The molecule has 112 valence electrons. The molecule has 0 saturated carbocycles. The van der Waals surface area contributed by atoms with Gasteiger partial charge >= 0.3 is 0 Å². The molecule has 0 spiro atoms. The second-order valence-electron chi connectivity index (χ2n) is 5.09. The largest absolute Gasteiger partial charge is 0.493 e. The minimum Gasteiger partial charge on any atom is -0.493 e. The van der Waals surface area contributed by atoms with Crippen molar-refractivity contribution in [2.75, 3.05) is 18.5 Å². The smallest absolute Gasteiger partial charge is 0.124 e. The number of nitrogens with zero attached hydrogens (tertiary/aromatic N) is 2. The van der Waals surface area contributed by atoms with Crippen LogP contribution in [-0.2, 0) is 6.54 Å². The Morgan fingerprint density at radius 2 is 2.38 bits per heavy atom. The van der Waals surface area contributed by atoms with Gasteiger partial charge in [0.15, 0.2) is 0 Å². The lowest BCUT2D eigenvalue weighted by Gasteiger charge is -2.18. The van der Waals surface area contributed by atoms with Crippen LogP contribution >= 0.6 is 0 Å². The highest BCUT2D eigenvalue weighted by atomic mass is 19.1. The monoisotopic (exact) mass is 291 g/mol. The number of halogens is 1. The van der Waals surface area contributed by atoms with Crippen LogP contribution in [0.5, 0.6) is 5.75 Å². The first-order valence-corrected chi connectivity index (χ1v) is 7.08. The van der Waals surface area contributed by atoms with Gasteiger partial charge < -0.3 is 15.2 Å². The maximum Gasteiger partial charge on any atom is 0.124 e. The summed E-state index contributed by atoms with van der Waals surface area (Å²) in [6.45, 7) is 1.15. The lowest BCUT2D eigenvalue weighted by atomic mass is 10.0. The number of aromatic nitrogens is 2. The molecule has 2 heterocycles. The summed E-state index contributed by atoms with van der Waals surface area (Å²) in [7, 11) is 0. The Labute approximate surface area is 122 Å². The van der Waals surface area contributed by atoms with Gasteiger partial charge in [0.25, 0.3) is 0 Å². The number of aliphatic hydroxyl groups excluding tert-OH is 1. The normalized spacial score (nSPS) is 17.7. The number of aliphatic hydroxyl groups is 1. The molecule has 1 aliphatic rings. The van der Waals surface area contributed by atoms with E-state index in [-0.39, 0.29) is 18.5 Å². The van der Waals surface area contributed by atoms with Crippen molar-refractivity contribution in [1.82, 2.24) is 9.78 Å². The third-order valence-corrected chi connectivity index (χ3v) is 3.55. The number of hydrogen-bond donors (Lipinski definition) is 2. The van der Waals surface area contributed by atoms with E-state index in [0.29, 0.717) is 13.2 Å². The van der Waals surface area contributed by atoms with Gasteiger partial charge in [-0.15, -0.1) is 0 Å². The molecule has 0 fully saturated rings. The molecule has 3 rings (SSSR count). The van der Waals surface area contributed by atoms with Crippen molar-refractivity contribution in [3.63, 3.8) is 0 Å². The molecular formula is C15H18FN3O2. The summed E-state index contributed by atoms with van der Waals surface area (Å²) in [4.78, 5) is 0. The van der Waals surface area contributed by atoms with Gasteiger partial charge in [-0.05, 0) is 31.0 Å². The van der Waals surface area contributed by atoms with Crippen LogP contribution in [0.25, 0.3) is 0 Å². The van der Waals surface area contributed by atoms with Crippen LogP contribution in [0.3, 0.4) is 0 Å². The van der Waals surface area contributed by atoms with Crippen molar-refractivity contribution < 1.29 is 14.2 Å². The van der Waals surface area contributed by atoms with Crippen molar-refractivity contribution in [3.8, 4) is 5.75 Å². The van der Waals surface area contributed by atoms with E-state index >= 15 is 0 Å². The van der Waals surface area contributed by atoms with Crippen molar-refractivity contribution in [2.24, 2.45) is 0 Å². The van der Waals surface area contributed by atoms with Crippen LogP contribution in [0.2, 0.25) is 0 Å². The van der Waals surface area contributed by atoms with Crippen molar-refractivity contribution >= 4 is 5.69 Å². The quantitative estimate of drug-likeness (QED) is 0.908. The molecule has 1 aromatic carbocycles. The summed E-state index contributed by atoms with van der Waals surface area (Å²) >= 11 is 0. The Balaban J connectivity index is 1.82. The van der Waals surface area contributed by atoms with Crippen LogP contribution < -0.4 is 10.1 Å². The van der Waals surface area contributed by atoms with Gasteiger partial charge in [0, 0.05) is 11.8 Å². The van der Waals surface area contributed by atoms with E-state index in [4.69, 9.17) is 9.84 Å². The average Bonchev–Trinajstić information content (AvgIpc) is 2.81. The molecular weight excluding hydrogens is 273 g/mol. The van der Waals surface area contributed by atoms with E-state index in [1.807, 2.05) is 6.20 Å². The van der Waals surface area contributed by atoms with Crippen LogP contribution in [0.4, 0.5) is 10.1 Å². The second-order valence-corrected chi connectivity index (χ2v) is 5.09. The van der Waals surface area contributed by atoms with E-state index in [1.165, 1.54) is 12.1 Å². The number of benzene rings is 1. The molecule has 1 aromatic heterocycles. The summed E-state index contributed by atoms with van der Waals surface area (Å²) in [5.74, 6) is 0.469. The van der Waals surface area contributed by atoms with E-state index in [2.05, 4.69) is 10.4 Å². The topological polar surface area (TPSA) is 59.3 Å². The molecule has 0 amide bonds. The molecule has 2 aromatic rings. The zero-order valence-electron chi connectivity index (χ0n) is 11.6. The third kappa shape index (κ3) is 3.16. The summed E-state index contributed by atoms with van der Waals surface area (Å²) in [5, 5.41) is 16.4. The predicted molar refractivity (Wildman–Crippen MR) is 76.8 cm³/mol. The summed E-state index contributed by atoms with van der Waals surface area (Å²) < 4.78 is 20.8. The molecule has 0 saturated heterocycles. The van der Waals surface area contributed by atoms with Crippen molar-refractivity contribution in [1.29, 1.82) is 0 Å². The first-order chi connectivity index (χ1) is 10.3. The standard InChI is InChI=1S/C15H18FN3O2/c16-11-3-4-15-13(8-11)14(2-1-7-21-15)18-12-9-17-19(10-12)5-6-20/h3-4,8-10,14,18,20H,1-2,5-7H2. The van der Waals surface area contributed by atoms with E-state index < -0.39 is 0 Å². The zero-order valence-corrected chi connectivity index (χ0v) is 11.6. The van der Waals surface area contributed by atoms with Gasteiger partial charge in [-0.3, -0.25) is 4.68 Å². The minimum atomic E-state index is -0.262. The highest BCUT2D eigenvalue weighted by Crippen LogP contribution is 2.34. The minimum absolute atomic E-state index is 0.00928. The highest BCUT2D eigenvalue weighted by Gasteiger charge is 2.20. The van der Waals surface area contributed by atoms with Crippen LogP contribution in [-0.4, -0.2) is 28.1 Å². The van der Waals surface area contributed by atoms with Crippen LogP contribution in [0.15, 0.2) is 30.6 Å². The highest BCUT2D eigenvalue weighted by molar-refractivity contribution is 5.46. The lowest BCUT2D eigenvalue weighted by Crippen LogP contribution is -2.10. The Hall–Kier alpha value is -2.08. The number of fused-ring (bicyclic) bond motifs is 1. The maximum atomic E-state index is 13.5. The Bertz CT molecular complexity index is 615. The molecule has 21 heavy (non-hydrogen) atoms. The van der Waals surface area contributed by atoms with Gasteiger partial charge in [-0.1, -0.05) is 0 Å². The van der Waals surface area contributed by atoms with Gasteiger partial charge in [-0.2, -0.15) is 5.10 Å². The van der Waals surface area contributed by atoms with E-state index in [0.717, 1.165) is 29.8 Å². The van der Waals surface area contributed by atoms with Crippen molar-refractivity contribution in [2.45, 2.75) is 25.4 Å². The molecule has 5 nitrogen and oxygen atoms in total.